The van der Waals surface area contributed by atoms with Crippen molar-refractivity contribution in [1.82, 2.24) is 9.97 Å². The minimum Gasteiger partial charge on any atom is -0.390 e. The van der Waals surface area contributed by atoms with Crippen LogP contribution in [0, 0.1) is 6.92 Å². The number of ether oxygens (including phenoxy) is 1. The van der Waals surface area contributed by atoms with Crippen molar-refractivity contribution in [2.45, 2.75) is 33.0 Å². The third kappa shape index (κ3) is 2.92. The van der Waals surface area contributed by atoms with Crippen LogP contribution in [0.3, 0.4) is 0 Å². The van der Waals surface area contributed by atoms with Gasteiger partial charge in [-0.25, -0.2) is 9.97 Å². The molecule has 0 aromatic carbocycles. The number of hydrogen-bond acceptors (Lipinski definition) is 5. The molecule has 1 aliphatic heterocycles. The van der Waals surface area contributed by atoms with Gasteiger partial charge in [0.1, 0.15) is 0 Å². The van der Waals surface area contributed by atoms with E-state index in [1.165, 1.54) is 0 Å². The van der Waals surface area contributed by atoms with E-state index in [9.17, 15) is 0 Å². The van der Waals surface area contributed by atoms with Crippen molar-refractivity contribution in [3.8, 4) is 0 Å². The molecule has 2 rings (SSSR count). The van der Waals surface area contributed by atoms with Gasteiger partial charge < -0.3 is 14.7 Å². The highest BCUT2D eigenvalue weighted by atomic mass is 16.5. The first-order valence-corrected chi connectivity index (χ1v) is 5.84. The summed E-state index contributed by atoms with van der Waals surface area (Å²) in [5.74, 6) is 0.686. The largest absolute Gasteiger partial charge is 0.390 e. The number of rotatable bonds is 2. The summed E-state index contributed by atoms with van der Waals surface area (Å²) in [7, 11) is 0. The molecule has 0 bridgehead atoms. The molecule has 2 heterocycles. The number of aryl methyl sites for hydroxylation is 1. The van der Waals surface area contributed by atoms with Gasteiger partial charge in [0.2, 0.25) is 5.95 Å². The third-order valence-corrected chi connectivity index (χ3v) is 2.77. The molecule has 5 heteroatoms. The lowest BCUT2D eigenvalue weighted by atomic mass is 10.1. The Hall–Kier alpha value is -1.20. The molecule has 0 saturated carbocycles. The van der Waals surface area contributed by atoms with E-state index in [-0.39, 0.29) is 12.2 Å². The third-order valence-electron chi connectivity index (χ3n) is 2.77. The smallest absolute Gasteiger partial charge is 0.226 e. The van der Waals surface area contributed by atoms with Gasteiger partial charge in [-0.05, 0) is 26.8 Å². The summed E-state index contributed by atoms with van der Waals surface area (Å²) in [4.78, 5) is 10.9. The predicted molar refractivity (Wildman–Crippen MR) is 64.9 cm³/mol. The Kier molecular flexibility index (Phi) is 3.31. The van der Waals surface area contributed by atoms with Gasteiger partial charge >= 0.3 is 0 Å². The molecule has 5 nitrogen and oxygen atoms in total. The van der Waals surface area contributed by atoms with Crippen molar-refractivity contribution < 1.29 is 9.84 Å². The van der Waals surface area contributed by atoms with Crippen LogP contribution in [0.15, 0.2) is 6.07 Å². The normalized spacial score (nSPS) is 19.4. The number of anilines is 1. The highest BCUT2D eigenvalue weighted by Gasteiger charge is 2.28. The van der Waals surface area contributed by atoms with Crippen LogP contribution < -0.4 is 4.90 Å². The second-order valence-corrected chi connectivity index (χ2v) is 4.99. The molecule has 1 aromatic heterocycles. The van der Waals surface area contributed by atoms with Gasteiger partial charge in [-0.3, -0.25) is 0 Å². The molecular formula is C12H19N3O2. The number of morpholine rings is 1. The molecular weight excluding hydrogens is 218 g/mol. The van der Waals surface area contributed by atoms with Gasteiger partial charge in [0, 0.05) is 18.8 Å². The van der Waals surface area contributed by atoms with Crippen molar-refractivity contribution in [3.63, 3.8) is 0 Å². The van der Waals surface area contributed by atoms with E-state index in [0.717, 1.165) is 18.8 Å². The SMILES string of the molecule is Cc1cc(CO)nc(N2CCOC(C)(C)C2)n1. The van der Waals surface area contributed by atoms with E-state index in [4.69, 9.17) is 9.84 Å². The Morgan fingerprint density at radius 2 is 2.24 bits per heavy atom. The monoisotopic (exact) mass is 237 g/mol. The highest BCUT2D eigenvalue weighted by molar-refractivity contribution is 5.33. The summed E-state index contributed by atoms with van der Waals surface area (Å²) in [5, 5.41) is 9.15. The number of hydrogen-bond donors (Lipinski definition) is 1. The molecule has 0 radical (unpaired) electrons. The van der Waals surface area contributed by atoms with Crippen molar-refractivity contribution in [2.75, 3.05) is 24.6 Å². The molecule has 1 aromatic rings. The lowest BCUT2D eigenvalue weighted by Gasteiger charge is -2.38. The van der Waals surface area contributed by atoms with Crippen LogP contribution in [0.25, 0.3) is 0 Å². The van der Waals surface area contributed by atoms with E-state index in [0.29, 0.717) is 18.2 Å². The van der Waals surface area contributed by atoms with Gasteiger partial charge in [-0.2, -0.15) is 0 Å². The Morgan fingerprint density at radius 1 is 1.47 bits per heavy atom. The molecule has 0 atom stereocenters. The molecule has 1 N–H and O–H groups in total. The molecule has 17 heavy (non-hydrogen) atoms. The molecule has 0 amide bonds. The van der Waals surface area contributed by atoms with Crippen LogP contribution in [0.5, 0.6) is 0 Å². The van der Waals surface area contributed by atoms with Crippen LogP contribution in [0.1, 0.15) is 25.2 Å². The van der Waals surface area contributed by atoms with Crippen molar-refractivity contribution >= 4 is 5.95 Å². The van der Waals surface area contributed by atoms with Crippen molar-refractivity contribution in [2.24, 2.45) is 0 Å². The second-order valence-electron chi connectivity index (χ2n) is 4.99. The van der Waals surface area contributed by atoms with Gasteiger partial charge in [-0.1, -0.05) is 0 Å². The molecule has 1 aliphatic rings. The fourth-order valence-corrected chi connectivity index (χ4v) is 2.03. The lowest BCUT2D eigenvalue weighted by Crippen LogP contribution is -2.49. The van der Waals surface area contributed by atoms with Gasteiger partial charge in [0.25, 0.3) is 0 Å². The maximum absolute atomic E-state index is 9.15. The van der Waals surface area contributed by atoms with E-state index < -0.39 is 0 Å². The predicted octanol–water partition coefficient (Wildman–Crippen LogP) is 0.893. The fraction of sp³-hybridized carbons (Fsp3) is 0.667. The Bertz CT molecular complexity index is 407. The molecule has 1 saturated heterocycles. The molecule has 0 spiro atoms. The fourth-order valence-electron chi connectivity index (χ4n) is 2.03. The van der Waals surface area contributed by atoms with Gasteiger partial charge in [0.15, 0.2) is 0 Å². The average Bonchev–Trinajstić information content (AvgIpc) is 2.27. The van der Waals surface area contributed by atoms with Crippen LogP contribution >= 0.6 is 0 Å². The summed E-state index contributed by atoms with van der Waals surface area (Å²) in [6, 6.07) is 1.80. The number of aromatic nitrogens is 2. The first-order chi connectivity index (χ1) is 8.00. The summed E-state index contributed by atoms with van der Waals surface area (Å²) in [5.41, 5.74) is 1.37. The maximum Gasteiger partial charge on any atom is 0.226 e. The lowest BCUT2D eigenvalue weighted by molar-refractivity contribution is -0.0281. The van der Waals surface area contributed by atoms with Crippen molar-refractivity contribution in [1.29, 1.82) is 0 Å². The van der Waals surface area contributed by atoms with Crippen LogP contribution in [-0.4, -0.2) is 40.4 Å². The first-order valence-electron chi connectivity index (χ1n) is 5.84. The summed E-state index contributed by atoms with van der Waals surface area (Å²) >= 11 is 0. The summed E-state index contributed by atoms with van der Waals surface area (Å²) in [6.45, 7) is 8.21. The van der Waals surface area contributed by atoms with Gasteiger partial charge in [0.05, 0.1) is 24.5 Å². The average molecular weight is 237 g/mol. The minimum absolute atomic E-state index is 0.0515. The highest BCUT2D eigenvalue weighted by Crippen LogP contribution is 2.20. The van der Waals surface area contributed by atoms with Crippen molar-refractivity contribution in [3.05, 3.63) is 17.5 Å². The summed E-state index contributed by atoms with van der Waals surface area (Å²) < 4.78 is 5.66. The van der Waals surface area contributed by atoms with Crippen LogP contribution in [0.2, 0.25) is 0 Å². The summed E-state index contributed by atoms with van der Waals surface area (Å²) in [6.07, 6.45) is 0. The van der Waals surface area contributed by atoms with E-state index >= 15 is 0 Å². The van der Waals surface area contributed by atoms with Crippen LogP contribution in [-0.2, 0) is 11.3 Å². The topological polar surface area (TPSA) is 58.5 Å². The molecule has 1 fully saturated rings. The van der Waals surface area contributed by atoms with Crippen LogP contribution in [0.4, 0.5) is 5.95 Å². The zero-order valence-corrected chi connectivity index (χ0v) is 10.6. The van der Waals surface area contributed by atoms with Gasteiger partial charge in [-0.15, -0.1) is 0 Å². The molecule has 94 valence electrons. The van der Waals surface area contributed by atoms with E-state index in [1.807, 2.05) is 6.92 Å². The number of aliphatic hydroxyl groups excluding tert-OH is 1. The zero-order valence-electron chi connectivity index (χ0n) is 10.6. The number of aliphatic hydroxyl groups is 1. The van der Waals surface area contributed by atoms with E-state index in [2.05, 4.69) is 28.7 Å². The first kappa shape index (κ1) is 12.3. The minimum atomic E-state index is -0.176. The molecule has 0 aliphatic carbocycles. The quantitative estimate of drug-likeness (QED) is 0.828. The Labute approximate surface area is 101 Å². The maximum atomic E-state index is 9.15. The Morgan fingerprint density at radius 3 is 2.88 bits per heavy atom. The number of nitrogens with zero attached hydrogens (tertiary/aromatic N) is 3. The molecule has 0 unspecified atom stereocenters. The second kappa shape index (κ2) is 4.58. The zero-order chi connectivity index (χ0) is 12.5. The Balaban J connectivity index is 2.24. The standard InChI is InChI=1S/C12H19N3O2/c1-9-6-10(7-16)14-11(13-9)15-4-5-17-12(2,3)8-15/h6,16H,4-5,7-8H2,1-3H3. The van der Waals surface area contributed by atoms with E-state index in [1.54, 1.807) is 6.07 Å².